The van der Waals surface area contributed by atoms with Crippen LogP contribution in [0.15, 0.2) is 12.1 Å². The average Bonchev–Trinajstić information content (AvgIpc) is 2.82. The summed E-state index contributed by atoms with van der Waals surface area (Å²) >= 11 is 0. The quantitative estimate of drug-likeness (QED) is 0.360. The van der Waals surface area contributed by atoms with Crippen molar-refractivity contribution < 1.29 is 0 Å². The van der Waals surface area contributed by atoms with Crippen LogP contribution in [0.4, 0.5) is 0 Å². The predicted octanol–water partition coefficient (Wildman–Crippen LogP) is 11.8. The molecule has 0 aromatic heterocycles. The van der Waals surface area contributed by atoms with E-state index in [-0.39, 0.29) is 5.41 Å². The van der Waals surface area contributed by atoms with Crippen molar-refractivity contribution in [2.24, 2.45) is 63.6 Å². The predicted molar refractivity (Wildman–Crippen MR) is 173 cm³/mol. The summed E-state index contributed by atoms with van der Waals surface area (Å²) in [7, 11) is 0. The maximum atomic E-state index is 2.79. The minimum atomic E-state index is 0.184. The zero-order valence-electron chi connectivity index (χ0n) is 29.0. The summed E-state index contributed by atoms with van der Waals surface area (Å²) in [6, 6.07) is 5.08. The van der Waals surface area contributed by atoms with Crippen LogP contribution in [0, 0.1) is 70.5 Å². The lowest BCUT2D eigenvalue weighted by atomic mass is 9.29. The SMILES string of the molecule is CCC(C)CC1C2(C)C(C)c3ccc(C(C)(C)C)c(C)c3C(C)C2C(C)C2(C)C(C)C(C(C)C)C(C)CC12C. The van der Waals surface area contributed by atoms with Gasteiger partial charge in [0.25, 0.3) is 0 Å². The van der Waals surface area contributed by atoms with Gasteiger partial charge in [-0.25, -0.2) is 0 Å². The van der Waals surface area contributed by atoms with Gasteiger partial charge in [-0.2, -0.15) is 0 Å². The molecular weight excluding hydrogens is 468 g/mol. The van der Waals surface area contributed by atoms with Crippen molar-refractivity contribution >= 4 is 0 Å². The van der Waals surface area contributed by atoms with Crippen LogP contribution in [0.2, 0.25) is 0 Å². The van der Waals surface area contributed by atoms with Crippen molar-refractivity contribution in [2.75, 3.05) is 0 Å². The molecule has 0 heterocycles. The topological polar surface area (TPSA) is 0 Å². The van der Waals surface area contributed by atoms with Gasteiger partial charge >= 0.3 is 0 Å². The van der Waals surface area contributed by atoms with Crippen LogP contribution in [0.25, 0.3) is 0 Å². The molecule has 222 valence electrons. The highest BCUT2D eigenvalue weighted by atomic mass is 14.8. The highest BCUT2D eigenvalue weighted by Gasteiger charge is 2.72. The monoisotopic (exact) mass is 535 g/mol. The fourth-order valence-corrected chi connectivity index (χ4v) is 12.7. The van der Waals surface area contributed by atoms with Crippen LogP contribution in [0.3, 0.4) is 0 Å². The normalized spacial score (nSPS) is 44.9. The smallest absolute Gasteiger partial charge is 0.0128 e. The third-order valence-corrected chi connectivity index (χ3v) is 14.7. The molecule has 0 N–H and O–H groups in total. The lowest BCUT2D eigenvalue weighted by molar-refractivity contribution is -0.262. The Morgan fingerprint density at radius 2 is 1.51 bits per heavy atom. The third kappa shape index (κ3) is 4.09. The number of rotatable bonds is 4. The van der Waals surface area contributed by atoms with E-state index in [9.17, 15) is 0 Å². The second-order valence-corrected chi connectivity index (χ2v) is 17.5. The largest absolute Gasteiger partial charge is 0.0651 e. The number of benzene rings is 1. The molecule has 12 unspecified atom stereocenters. The molecule has 0 amide bonds. The summed E-state index contributed by atoms with van der Waals surface area (Å²) < 4.78 is 0. The Labute approximate surface area is 244 Å². The summed E-state index contributed by atoms with van der Waals surface area (Å²) in [4.78, 5) is 0. The standard InChI is InChI=1S/C39H66/c1-17-23(4)20-32-37(14)21-24(5)33(22(2)3)28(9)39(37,16)29(10)35-26(7)34-25(6)31(36(11,12)13)19-18-30(34)27(8)38(32,35)15/h18-19,22-24,26-29,32-33,35H,17,20-21H2,1-16H3. The van der Waals surface area contributed by atoms with E-state index in [1.807, 2.05) is 0 Å². The fourth-order valence-electron chi connectivity index (χ4n) is 12.7. The highest BCUT2D eigenvalue weighted by Crippen LogP contribution is 2.78. The molecule has 2 saturated carbocycles. The molecule has 0 bridgehead atoms. The van der Waals surface area contributed by atoms with Gasteiger partial charge in [-0.3, -0.25) is 0 Å². The van der Waals surface area contributed by atoms with Gasteiger partial charge in [-0.15, -0.1) is 0 Å². The fraction of sp³-hybridized carbons (Fsp3) is 0.846. The molecule has 0 saturated heterocycles. The first-order valence-corrected chi connectivity index (χ1v) is 16.9. The van der Waals surface area contributed by atoms with Gasteiger partial charge in [0, 0.05) is 0 Å². The molecule has 4 rings (SSSR count). The molecule has 1 aromatic rings. The molecule has 0 nitrogen and oxygen atoms in total. The average molecular weight is 535 g/mol. The second kappa shape index (κ2) is 9.90. The number of hydrogen-bond donors (Lipinski definition) is 0. The van der Waals surface area contributed by atoms with Crippen LogP contribution >= 0.6 is 0 Å². The van der Waals surface area contributed by atoms with Crippen molar-refractivity contribution in [3.63, 3.8) is 0 Å². The van der Waals surface area contributed by atoms with Crippen LogP contribution in [0.5, 0.6) is 0 Å². The molecule has 3 aliphatic rings. The molecule has 0 heteroatoms. The maximum Gasteiger partial charge on any atom is -0.0128 e. The molecule has 2 fully saturated rings. The van der Waals surface area contributed by atoms with Gasteiger partial charge in [0.2, 0.25) is 0 Å². The molecule has 12 atom stereocenters. The van der Waals surface area contributed by atoms with E-state index in [1.54, 1.807) is 22.3 Å². The zero-order chi connectivity index (χ0) is 29.6. The van der Waals surface area contributed by atoms with Crippen molar-refractivity contribution in [1.29, 1.82) is 0 Å². The molecule has 1 aromatic carbocycles. The Balaban J connectivity index is 2.02. The molecule has 3 aliphatic carbocycles. The summed E-state index contributed by atoms with van der Waals surface area (Å²) in [6.45, 7) is 41.3. The molecule has 0 aliphatic heterocycles. The van der Waals surface area contributed by atoms with E-state index >= 15 is 0 Å². The van der Waals surface area contributed by atoms with Crippen molar-refractivity contribution in [2.45, 2.75) is 147 Å². The van der Waals surface area contributed by atoms with Gasteiger partial charge in [0.15, 0.2) is 0 Å². The first kappa shape index (κ1) is 31.2. The number of hydrogen-bond acceptors (Lipinski definition) is 0. The van der Waals surface area contributed by atoms with Gasteiger partial charge in [0.1, 0.15) is 0 Å². The Hall–Kier alpha value is -0.780. The van der Waals surface area contributed by atoms with E-state index in [2.05, 4.69) is 123 Å². The zero-order valence-corrected chi connectivity index (χ0v) is 29.0. The highest BCUT2D eigenvalue weighted by molar-refractivity contribution is 5.50. The molecule has 39 heavy (non-hydrogen) atoms. The van der Waals surface area contributed by atoms with Crippen LogP contribution in [-0.4, -0.2) is 0 Å². The van der Waals surface area contributed by atoms with E-state index in [0.29, 0.717) is 39.9 Å². The first-order valence-electron chi connectivity index (χ1n) is 16.9. The minimum Gasteiger partial charge on any atom is -0.0651 e. The van der Waals surface area contributed by atoms with Crippen LogP contribution < -0.4 is 0 Å². The van der Waals surface area contributed by atoms with Gasteiger partial charge in [0.05, 0.1) is 0 Å². The van der Waals surface area contributed by atoms with Gasteiger partial charge < -0.3 is 0 Å². The Kier molecular flexibility index (Phi) is 7.91. The van der Waals surface area contributed by atoms with Crippen molar-refractivity contribution in [3.05, 3.63) is 34.4 Å². The summed E-state index contributed by atoms with van der Waals surface area (Å²) in [6.07, 6.45) is 4.09. The lowest BCUT2D eigenvalue weighted by Crippen LogP contribution is -2.70. The van der Waals surface area contributed by atoms with E-state index in [0.717, 1.165) is 35.5 Å². The molecular formula is C39H66. The first-order chi connectivity index (χ1) is 17.8. The number of fused-ring (bicyclic) bond motifs is 3. The Bertz CT molecular complexity index is 1050. The molecule has 0 radical (unpaired) electrons. The van der Waals surface area contributed by atoms with Gasteiger partial charge in [-0.1, -0.05) is 122 Å². The van der Waals surface area contributed by atoms with E-state index < -0.39 is 0 Å². The van der Waals surface area contributed by atoms with Gasteiger partial charge in [-0.05, 0) is 123 Å². The lowest BCUT2D eigenvalue weighted by Gasteiger charge is -2.76. The summed E-state index contributed by atoms with van der Waals surface area (Å²) in [5.41, 5.74) is 7.74. The third-order valence-electron chi connectivity index (χ3n) is 14.7. The Morgan fingerprint density at radius 1 is 0.923 bits per heavy atom. The van der Waals surface area contributed by atoms with E-state index in [4.69, 9.17) is 0 Å². The Morgan fingerprint density at radius 3 is 2.03 bits per heavy atom. The van der Waals surface area contributed by atoms with Crippen LogP contribution in [0.1, 0.15) is 157 Å². The van der Waals surface area contributed by atoms with E-state index in [1.165, 1.54) is 19.3 Å². The minimum absolute atomic E-state index is 0.184. The second-order valence-electron chi connectivity index (χ2n) is 17.5. The maximum absolute atomic E-state index is 2.79. The summed E-state index contributed by atoms with van der Waals surface area (Å²) in [5, 5.41) is 0. The van der Waals surface area contributed by atoms with Crippen molar-refractivity contribution in [3.8, 4) is 0 Å². The van der Waals surface area contributed by atoms with Crippen LogP contribution in [-0.2, 0) is 5.41 Å². The summed E-state index contributed by atoms with van der Waals surface area (Å²) in [5.74, 6) is 7.25. The van der Waals surface area contributed by atoms with Crippen molar-refractivity contribution in [1.82, 2.24) is 0 Å². The molecule has 0 spiro atoms.